The summed E-state index contributed by atoms with van der Waals surface area (Å²) < 4.78 is 27.0. The number of thiophene rings is 1. The van der Waals surface area contributed by atoms with E-state index in [1.165, 1.54) is 12.3 Å². The molecular formula is C8H8N4O4S2. The summed E-state index contributed by atoms with van der Waals surface area (Å²) in [7, 11) is -3.68. The van der Waals surface area contributed by atoms with Crippen LogP contribution >= 0.6 is 11.3 Å². The summed E-state index contributed by atoms with van der Waals surface area (Å²) >= 11 is 1.07. The van der Waals surface area contributed by atoms with E-state index in [9.17, 15) is 13.2 Å². The van der Waals surface area contributed by atoms with E-state index in [1.807, 2.05) is 0 Å². The molecule has 0 unspecified atom stereocenters. The highest BCUT2D eigenvalue weighted by atomic mass is 32.2. The highest BCUT2D eigenvalue weighted by Crippen LogP contribution is 2.18. The lowest BCUT2D eigenvalue weighted by molar-refractivity contribution is -0.137. The molecule has 0 saturated heterocycles. The number of hydrogen-bond acceptors (Lipinski definition) is 6. The van der Waals surface area contributed by atoms with Crippen molar-refractivity contribution in [2.75, 3.05) is 4.72 Å². The van der Waals surface area contributed by atoms with Gasteiger partial charge < -0.3 is 5.11 Å². The first-order valence-corrected chi connectivity index (χ1v) is 7.02. The number of carboxylic acids is 1. The molecule has 18 heavy (non-hydrogen) atoms. The van der Waals surface area contributed by atoms with Gasteiger partial charge in [-0.05, 0) is 11.4 Å². The third-order valence-corrected chi connectivity index (χ3v) is 4.59. The van der Waals surface area contributed by atoms with Crippen molar-refractivity contribution in [2.24, 2.45) is 0 Å². The van der Waals surface area contributed by atoms with E-state index in [-0.39, 0.29) is 16.6 Å². The minimum atomic E-state index is -3.68. The molecule has 0 radical (unpaired) electrons. The summed E-state index contributed by atoms with van der Waals surface area (Å²) in [5, 5.41) is 17.2. The number of aromatic nitrogens is 3. The molecule has 10 heteroatoms. The molecule has 0 aliphatic rings. The SMILES string of the molecule is O=C(O)Cn1cc(NS(=O)(=O)c2cccs2)nn1. The second-order valence-electron chi connectivity index (χ2n) is 3.23. The van der Waals surface area contributed by atoms with Crippen LogP contribution in [0.2, 0.25) is 0 Å². The average molecular weight is 288 g/mol. The molecule has 0 aromatic carbocycles. The third kappa shape index (κ3) is 2.84. The zero-order chi connectivity index (χ0) is 13.2. The van der Waals surface area contributed by atoms with Gasteiger partial charge in [0, 0.05) is 0 Å². The molecule has 0 aliphatic carbocycles. The Hall–Kier alpha value is -1.94. The highest BCUT2D eigenvalue weighted by molar-refractivity contribution is 7.94. The number of carboxylic acid groups (broad SMARTS) is 1. The fourth-order valence-electron chi connectivity index (χ4n) is 1.17. The number of carbonyl (C=O) groups is 1. The lowest BCUT2D eigenvalue weighted by atomic mass is 10.6. The van der Waals surface area contributed by atoms with Gasteiger partial charge >= 0.3 is 5.97 Å². The standard InChI is InChI=1S/C8H8N4O4S2/c13-7(14)5-12-4-6(9-11-12)10-18(15,16)8-2-1-3-17-8/h1-4,10H,5H2,(H,13,14). The van der Waals surface area contributed by atoms with Crippen molar-refractivity contribution in [3.05, 3.63) is 23.7 Å². The van der Waals surface area contributed by atoms with Crippen LogP contribution in [0.15, 0.2) is 27.9 Å². The monoisotopic (exact) mass is 288 g/mol. The highest BCUT2D eigenvalue weighted by Gasteiger charge is 2.17. The van der Waals surface area contributed by atoms with Crippen molar-refractivity contribution in [1.82, 2.24) is 15.0 Å². The van der Waals surface area contributed by atoms with Crippen molar-refractivity contribution in [2.45, 2.75) is 10.8 Å². The fourth-order valence-corrected chi connectivity index (χ4v) is 3.14. The van der Waals surface area contributed by atoms with Gasteiger partial charge in [-0.2, -0.15) is 0 Å². The minimum absolute atomic E-state index is 0.0235. The Balaban J connectivity index is 2.15. The Morgan fingerprint density at radius 1 is 1.56 bits per heavy atom. The Bertz CT molecular complexity index is 646. The number of sulfonamides is 1. The van der Waals surface area contributed by atoms with Crippen molar-refractivity contribution < 1.29 is 18.3 Å². The number of rotatable bonds is 5. The predicted octanol–water partition coefficient (Wildman–Crippen LogP) is 0.225. The van der Waals surface area contributed by atoms with Crippen LogP contribution in [0, 0.1) is 0 Å². The first kappa shape index (κ1) is 12.5. The van der Waals surface area contributed by atoms with E-state index in [1.54, 1.807) is 11.4 Å². The molecule has 0 saturated carbocycles. The van der Waals surface area contributed by atoms with Crippen LogP contribution in [0.5, 0.6) is 0 Å². The van der Waals surface area contributed by atoms with Crippen LogP contribution in [0.3, 0.4) is 0 Å². The van der Waals surface area contributed by atoms with Crippen LogP contribution < -0.4 is 4.72 Å². The maximum atomic E-state index is 11.8. The molecule has 2 aromatic rings. The molecule has 0 fully saturated rings. The molecule has 0 amide bonds. The lowest BCUT2D eigenvalue weighted by Gasteiger charge is -2.00. The molecule has 2 aromatic heterocycles. The summed E-state index contributed by atoms with van der Waals surface area (Å²) in [6, 6.07) is 3.06. The van der Waals surface area contributed by atoms with Crippen molar-refractivity contribution in [3.63, 3.8) is 0 Å². The molecular weight excluding hydrogens is 280 g/mol. The molecule has 0 atom stereocenters. The van der Waals surface area contributed by atoms with Gasteiger partial charge in [-0.25, -0.2) is 13.1 Å². The molecule has 0 spiro atoms. The molecule has 8 nitrogen and oxygen atoms in total. The number of nitrogens with one attached hydrogen (secondary N) is 1. The maximum absolute atomic E-state index is 11.8. The fraction of sp³-hybridized carbons (Fsp3) is 0.125. The topological polar surface area (TPSA) is 114 Å². The van der Waals surface area contributed by atoms with Gasteiger partial charge in [-0.3, -0.25) is 9.52 Å². The molecule has 96 valence electrons. The normalized spacial score (nSPS) is 11.3. The van der Waals surface area contributed by atoms with Gasteiger partial charge in [0.05, 0.1) is 6.20 Å². The van der Waals surface area contributed by atoms with Crippen LogP contribution in [0.1, 0.15) is 0 Å². The van der Waals surface area contributed by atoms with Crippen LogP contribution in [0.4, 0.5) is 5.82 Å². The van der Waals surface area contributed by atoms with Crippen molar-refractivity contribution in [1.29, 1.82) is 0 Å². The van der Waals surface area contributed by atoms with Gasteiger partial charge in [0.25, 0.3) is 10.0 Å². The Kier molecular flexibility index (Phi) is 3.30. The second-order valence-corrected chi connectivity index (χ2v) is 6.09. The summed E-state index contributed by atoms with van der Waals surface area (Å²) in [4.78, 5) is 10.4. The third-order valence-electron chi connectivity index (χ3n) is 1.83. The zero-order valence-corrected chi connectivity index (χ0v) is 10.5. The van der Waals surface area contributed by atoms with Crippen LogP contribution in [-0.2, 0) is 21.4 Å². The average Bonchev–Trinajstić information content (AvgIpc) is 2.87. The minimum Gasteiger partial charge on any atom is -0.480 e. The van der Waals surface area contributed by atoms with Gasteiger partial charge in [-0.15, -0.1) is 16.4 Å². The predicted molar refractivity (Wildman–Crippen MR) is 62.8 cm³/mol. The molecule has 0 bridgehead atoms. The van der Waals surface area contributed by atoms with Crippen molar-refractivity contribution in [3.8, 4) is 0 Å². The molecule has 0 aliphatic heterocycles. The van der Waals surface area contributed by atoms with Crippen LogP contribution in [0.25, 0.3) is 0 Å². The summed E-state index contributed by atoms with van der Waals surface area (Å²) in [6.45, 7) is -0.381. The quantitative estimate of drug-likeness (QED) is 0.813. The smallest absolute Gasteiger partial charge is 0.325 e. The van der Waals surface area contributed by atoms with E-state index in [0.29, 0.717) is 0 Å². The van der Waals surface area contributed by atoms with E-state index in [0.717, 1.165) is 16.0 Å². The Morgan fingerprint density at radius 3 is 2.94 bits per heavy atom. The largest absolute Gasteiger partial charge is 0.480 e. The number of aliphatic carboxylic acids is 1. The van der Waals surface area contributed by atoms with Gasteiger partial charge in [0.15, 0.2) is 5.82 Å². The maximum Gasteiger partial charge on any atom is 0.325 e. The van der Waals surface area contributed by atoms with E-state index in [2.05, 4.69) is 15.0 Å². The summed E-state index contributed by atoms with van der Waals surface area (Å²) in [6.07, 6.45) is 1.21. The number of nitrogens with zero attached hydrogens (tertiary/aromatic N) is 3. The number of anilines is 1. The zero-order valence-electron chi connectivity index (χ0n) is 8.85. The van der Waals surface area contributed by atoms with E-state index >= 15 is 0 Å². The number of hydrogen-bond donors (Lipinski definition) is 2. The first-order valence-electron chi connectivity index (χ1n) is 4.65. The van der Waals surface area contributed by atoms with Crippen molar-refractivity contribution >= 4 is 33.1 Å². The lowest BCUT2D eigenvalue weighted by Crippen LogP contribution is -2.11. The van der Waals surface area contributed by atoms with Gasteiger partial charge in [-0.1, -0.05) is 11.3 Å². The Labute approximate surface area is 106 Å². The first-order chi connectivity index (χ1) is 8.47. The van der Waals surface area contributed by atoms with E-state index in [4.69, 9.17) is 5.11 Å². The van der Waals surface area contributed by atoms with Gasteiger partial charge in [0.2, 0.25) is 0 Å². The summed E-state index contributed by atoms with van der Waals surface area (Å²) in [5.41, 5.74) is 0. The van der Waals surface area contributed by atoms with Gasteiger partial charge in [0.1, 0.15) is 10.8 Å². The molecule has 2 heterocycles. The second kappa shape index (κ2) is 4.74. The van der Waals surface area contributed by atoms with E-state index < -0.39 is 16.0 Å². The molecule has 2 N–H and O–H groups in total. The Morgan fingerprint density at radius 2 is 2.33 bits per heavy atom. The molecule has 2 rings (SSSR count). The van der Waals surface area contributed by atoms with Crippen LogP contribution in [-0.4, -0.2) is 34.5 Å². The summed E-state index contributed by atoms with van der Waals surface area (Å²) in [5.74, 6) is -1.11.